The van der Waals surface area contributed by atoms with Gasteiger partial charge in [-0.05, 0) is 72.2 Å². The summed E-state index contributed by atoms with van der Waals surface area (Å²) < 4.78 is 0. The molecule has 0 aliphatic heterocycles. The highest BCUT2D eigenvalue weighted by atomic mass is 14.6. The summed E-state index contributed by atoms with van der Waals surface area (Å²) in [5.74, 6) is 0. The van der Waals surface area contributed by atoms with Crippen LogP contribution in [0.3, 0.4) is 0 Å². The van der Waals surface area contributed by atoms with Crippen molar-refractivity contribution in [1.29, 1.82) is 5.26 Å². The fraction of sp³-hybridized carbons (Fsp3) is 0.278. The van der Waals surface area contributed by atoms with Crippen molar-refractivity contribution in [3.63, 3.8) is 0 Å². The number of nitrogens with zero attached hydrogens (tertiary/aromatic N) is 1. The predicted octanol–water partition coefficient (Wildman–Crippen LogP) is 3.79. The molecule has 1 atom stereocenters. The van der Waals surface area contributed by atoms with E-state index in [-0.39, 0.29) is 6.04 Å². The van der Waals surface area contributed by atoms with Gasteiger partial charge in [0.2, 0.25) is 0 Å². The standard InChI is InChI=1S/C18H18N2/c1-11-8-13(10-19)9-12(2)18(11)16-5-3-4-15-14(16)6-7-17(15)20/h3-5,8-9,17H,6-7,20H2,1-2H3/t17-/m1/s1. The van der Waals surface area contributed by atoms with E-state index in [0.717, 1.165) is 29.5 Å². The summed E-state index contributed by atoms with van der Waals surface area (Å²) in [7, 11) is 0. The van der Waals surface area contributed by atoms with Gasteiger partial charge in [-0.3, -0.25) is 0 Å². The highest BCUT2D eigenvalue weighted by Gasteiger charge is 2.23. The second-order valence-corrected chi connectivity index (χ2v) is 5.62. The molecule has 0 radical (unpaired) electrons. The SMILES string of the molecule is Cc1cc(C#N)cc(C)c1-c1cccc2c1CC[C@H]2N. The maximum atomic E-state index is 9.07. The smallest absolute Gasteiger partial charge is 0.0991 e. The van der Waals surface area contributed by atoms with Crippen molar-refractivity contribution < 1.29 is 0 Å². The average molecular weight is 262 g/mol. The first kappa shape index (κ1) is 12.9. The Balaban J connectivity index is 2.24. The van der Waals surface area contributed by atoms with E-state index in [1.165, 1.54) is 22.3 Å². The van der Waals surface area contributed by atoms with E-state index in [2.05, 4.69) is 38.1 Å². The van der Waals surface area contributed by atoms with Crippen LogP contribution in [0.2, 0.25) is 0 Å². The molecule has 0 amide bonds. The van der Waals surface area contributed by atoms with Crippen molar-refractivity contribution in [3.05, 3.63) is 58.1 Å². The first-order chi connectivity index (χ1) is 9.61. The van der Waals surface area contributed by atoms with Gasteiger partial charge in [0.15, 0.2) is 0 Å². The maximum Gasteiger partial charge on any atom is 0.0991 e. The normalized spacial score (nSPS) is 16.8. The lowest BCUT2D eigenvalue weighted by atomic mass is 9.89. The molecule has 0 saturated heterocycles. The number of nitrogens with two attached hydrogens (primary N) is 1. The largest absolute Gasteiger partial charge is 0.324 e. The Labute approximate surface area is 119 Å². The topological polar surface area (TPSA) is 49.8 Å². The Morgan fingerprint density at radius 2 is 1.90 bits per heavy atom. The first-order valence-electron chi connectivity index (χ1n) is 7.01. The molecule has 2 aromatic carbocycles. The van der Waals surface area contributed by atoms with Crippen molar-refractivity contribution in [1.82, 2.24) is 0 Å². The van der Waals surface area contributed by atoms with Gasteiger partial charge in [0.25, 0.3) is 0 Å². The highest BCUT2D eigenvalue weighted by Crippen LogP contribution is 2.39. The number of fused-ring (bicyclic) bond motifs is 1. The van der Waals surface area contributed by atoms with Gasteiger partial charge < -0.3 is 5.73 Å². The zero-order valence-corrected chi connectivity index (χ0v) is 11.9. The Hall–Kier alpha value is -2.11. The van der Waals surface area contributed by atoms with Crippen molar-refractivity contribution >= 4 is 0 Å². The number of hydrogen-bond acceptors (Lipinski definition) is 2. The number of rotatable bonds is 1. The van der Waals surface area contributed by atoms with E-state index >= 15 is 0 Å². The molecule has 0 heterocycles. The van der Waals surface area contributed by atoms with Gasteiger partial charge in [0.1, 0.15) is 0 Å². The molecule has 2 aromatic rings. The quantitative estimate of drug-likeness (QED) is 0.850. The van der Waals surface area contributed by atoms with Crippen molar-refractivity contribution in [2.75, 3.05) is 0 Å². The van der Waals surface area contributed by atoms with Gasteiger partial charge in [0.05, 0.1) is 11.6 Å². The van der Waals surface area contributed by atoms with Crippen LogP contribution in [0.1, 0.15) is 40.3 Å². The van der Waals surface area contributed by atoms with E-state index in [0.29, 0.717) is 0 Å². The van der Waals surface area contributed by atoms with Crippen molar-refractivity contribution in [2.45, 2.75) is 32.7 Å². The summed E-state index contributed by atoms with van der Waals surface area (Å²) >= 11 is 0. The molecular formula is C18H18N2. The van der Waals surface area contributed by atoms with Gasteiger partial charge in [0, 0.05) is 6.04 Å². The van der Waals surface area contributed by atoms with Crippen LogP contribution in [-0.2, 0) is 6.42 Å². The van der Waals surface area contributed by atoms with E-state index in [9.17, 15) is 0 Å². The average Bonchev–Trinajstić information content (AvgIpc) is 2.81. The second-order valence-electron chi connectivity index (χ2n) is 5.62. The minimum atomic E-state index is 0.170. The summed E-state index contributed by atoms with van der Waals surface area (Å²) in [6.07, 6.45) is 2.08. The monoisotopic (exact) mass is 262 g/mol. The van der Waals surface area contributed by atoms with Crippen molar-refractivity contribution in [2.24, 2.45) is 5.73 Å². The van der Waals surface area contributed by atoms with Crippen LogP contribution in [0.25, 0.3) is 11.1 Å². The minimum absolute atomic E-state index is 0.170. The Kier molecular flexibility index (Phi) is 3.08. The van der Waals surface area contributed by atoms with Crippen LogP contribution in [-0.4, -0.2) is 0 Å². The van der Waals surface area contributed by atoms with E-state index in [4.69, 9.17) is 11.0 Å². The lowest BCUT2D eigenvalue weighted by Gasteiger charge is -2.15. The molecule has 2 heteroatoms. The number of nitriles is 1. The molecular weight excluding hydrogens is 244 g/mol. The zero-order valence-electron chi connectivity index (χ0n) is 11.9. The molecule has 0 unspecified atom stereocenters. The molecule has 0 bridgehead atoms. The summed E-state index contributed by atoms with van der Waals surface area (Å²) in [5, 5.41) is 9.07. The Morgan fingerprint density at radius 3 is 2.55 bits per heavy atom. The molecule has 100 valence electrons. The van der Waals surface area contributed by atoms with Gasteiger partial charge in [-0.1, -0.05) is 18.2 Å². The summed E-state index contributed by atoms with van der Waals surface area (Å²) in [4.78, 5) is 0. The second kappa shape index (κ2) is 4.77. The third-order valence-corrected chi connectivity index (χ3v) is 4.25. The predicted molar refractivity (Wildman–Crippen MR) is 81.3 cm³/mol. The van der Waals surface area contributed by atoms with Crippen LogP contribution < -0.4 is 5.73 Å². The van der Waals surface area contributed by atoms with Crippen LogP contribution >= 0.6 is 0 Å². The first-order valence-corrected chi connectivity index (χ1v) is 7.01. The maximum absolute atomic E-state index is 9.07. The number of benzene rings is 2. The fourth-order valence-electron chi connectivity index (χ4n) is 3.37. The lowest BCUT2D eigenvalue weighted by Crippen LogP contribution is -2.05. The van der Waals surface area contributed by atoms with Crippen molar-refractivity contribution in [3.8, 4) is 17.2 Å². The molecule has 1 aliphatic carbocycles. The zero-order chi connectivity index (χ0) is 14.3. The molecule has 20 heavy (non-hydrogen) atoms. The molecule has 0 saturated carbocycles. The van der Waals surface area contributed by atoms with Gasteiger partial charge in [-0.15, -0.1) is 0 Å². The van der Waals surface area contributed by atoms with E-state index in [1.54, 1.807) is 0 Å². The van der Waals surface area contributed by atoms with Gasteiger partial charge >= 0.3 is 0 Å². The van der Waals surface area contributed by atoms with E-state index < -0.39 is 0 Å². The molecule has 0 spiro atoms. The molecule has 2 nitrogen and oxygen atoms in total. The molecule has 0 fully saturated rings. The van der Waals surface area contributed by atoms with Crippen LogP contribution in [0.5, 0.6) is 0 Å². The third-order valence-electron chi connectivity index (χ3n) is 4.25. The highest BCUT2D eigenvalue weighted by molar-refractivity contribution is 5.76. The molecule has 0 aromatic heterocycles. The lowest BCUT2D eigenvalue weighted by molar-refractivity contribution is 0.713. The third kappa shape index (κ3) is 1.92. The van der Waals surface area contributed by atoms with Crippen LogP contribution in [0.15, 0.2) is 30.3 Å². The summed E-state index contributed by atoms with van der Waals surface area (Å²) in [6, 6.07) is 12.8. The fourth-order valence-corrected chi connectivity index (χ4v) is 3.37. The van der Waals surface area contributed by atoms with Crippen LogP contribution in [0, 0.1) is 25.2 Å². The summed E-state index contributed by atoms with van der Waals surface area (Å²) in [5.41, 5.74) is 14.4. The van der Waals surface area contributed by atoms with E-state index in [1.807, 2.05) is 12.1 Å². The molecule has 1 aliphatic rings. The molecule has 2 N–H and O–H groups in total. The summed E-state index contributed by atoms with van der Waals surface area (Å²) in [6.45, 7) is 4.16. The molecule has 3 rings (SSSR count). The number of aryl methyl sites for hydroxylation is 2. The number of hydrogen-bond donors (Lipinski definition) is 1. The van der Waals surface area contributed by atoms with Crippen LogP contribution in [0.4, 0.5) is 0 Å². The Bertz CT molecular complexity index is 700. The Morgan fingerprint density at radius 1 is 1.20 bits per heavy atom. The minimum Gasteiger partial charge on any atom is -0.324 e. The van der Waals surface area contributed by atoms with Gasteiger partial charge in [-0.2, -0.15) is 5.26 Å². The van der Waals surface area contributed by atoms with Gasteiger partial charge in [-0.25, -0.2) is 0 Å².